The number of likely N-dealkylation sites (N-methyl/N-ethyl adjacent to an activating group) is 2. The predicted molar refractivity (Wildman–Crippen MR) is 89.0 cm³/mol. The van der Waals surface area contributed by atoms with Gasteiger partial charge < -0.3 is 10.4 Å². The molecule has 6 heteroatoms. The van der Waals surface area contributed by atoms with Gasteiger partial charge in [-0.3, -0.25) is 19.4 Å². The Kier molecular flexibility index (Phi) is 12.8. The van der Waals surface area contributed by atoms with Crippen LogP contribution in [-0.2, 0) is 9.59 Å². The zero-order chi connectivity index (χ0) is 16.8. The number of carboxylic acid groups (broad SMARTS) is 1. The van der Waals surface area contributed by atoms with Crippen molar-refractivity contribution in [3.63, 3.8) is 0 Å². The summed E-state index contributed by atoms with van der Waals surface area (Å²) in [6.45, 7) is 4.64. The van der Waals surface area contributed by atoms with Crippen LogP contribution in [0.3, 0.4) is 0 Å². The SMILES string of the molecule is CCCCCCCCNC(=O)CN(C)CCN(C)CC(=O)O. The predicted octanol–water partition coefficient (Wildman–Crippen LogP) is 1.41. The lowest BCUT2D eigenvalue weighted by molar-refractivity contribution is -0.138. The number of rotatable bonds is 14. The van der Waals surface area contributed by atoms with E-state index in [1.54, 1.807) is 11.9 Å². The van der Waals surface area contributed by atoms with Gasteiger partial charge in [0.2, 0.25) is 5.91 Å². The average Bonchev–Trinajstić information content (AvgIpc) is 2.43. The fraction of sp³-hybridized carbons (Fsp3) is 0.875. The maximum atomic E-state index is 11.8. The molecule has 1 amide bonds. The molecule has 0 bridgehead atoms. The standard InChI is InChI=1S/C16H33N3O3/c1-4-5-6-7-8-9-10-17-15(20)13-18(2)11-12-19(3)14-16(21)22/h4-14H2,1-3H3,(H,17,20)(H,21,22). The van der Waals surface area contributed by atoms with Gasteiger partial charge in [-0.15, -0.1) is 0 Å². The first kappa shape index (κ1) is 20.9. The molecule has 6 nitrogen and oxygen atoms in total. The molecular weight excluding hydrogens is 282 g/mol. The van der Waals surface area contributed by atoms with Crippen LogP contribution in [0.4, 0.5) is 0 Å². The summed E-state index contributed by atoms with van der Waals surface area (Å²) < 4.78 is 0. The number of aliphatic carboxylic acids is 1. The summed E-state index contributed by atoms with van der Waals surface area (Å²) in [5.74, 6) is -0.793. The Hall–Kier alpha value is -1.14. The van der Waals surface area contributed by atoms with E-state index in [0.717, 1.165) is 13.0 Å². The van der Waals surface area contributed by atoms with Gasteiger partial charge in [0.15, 0.2) is 0 Å². The molecule has 0 atom stereocenters. The Morgan fingerprint density at radius 3 is 2.05 bits per heavy atom. The third kappa shape index (κ3) is 13.8. The van der Waals surface area contributed by atoms with Gasteiger partial charge in [-0.25, -0.2) is 0 Å². The molecule has 0 saturated carbocycles. The highest BCUT2D eigenvalue weighted by molar-refractivity contribution is 5.77. The number of nitrogens with one attached hydrogen (secondary N) is 1. The van der Waals surface area contributed by atoms with E-state index in [2.05, 4.69) is 12.2 Å². The summed E-state index contributed by atoms with van der Waals surface area (Å²) in [6.07, 6.45) is 7.31. The number of hydrogen-bond acceptors (Lipinski definition) is 4. The molecule has 0 aliphatic carbocycles. The van der Waals surface area contributed by atoms with Crippen LogP contribution in [0.1, 0.15) is 45.4 Å². The van der Waals surface area contributed by atoms with E-state index in [1.807, 2.05) is 11.9 Å². The molecule has 130 valence electrons. The van der Waals surface area contributed by atoms with Crippen molar-refractivity contribution in [1.29, 1.82) is 0 Å². The van der Waals surface area contributed by atoms with Crippen LogP contribution in [0.25, 0.3) is 0 Å². The van der Waals surface area contributed by atoms with Crippen LogP contribution in [0.15, 0.2) is 0 Å². The summed E-state index contributed by atoms with van der Waals surface area (Å²) in [5, 5.41) is 11.6. The van der Waals surface area contributed by atoms with Gasteiger partial charge in [-0.05, 0) is 20.5 Å². The van der Waals surface area contributed by atoms with E-state index >= 15 is 0 Å². The van der Waals surface area contributed by atoms with E-state index in [-0.39, 0.29) is 12.5 Å². The second-order valence-electron chi connectivity index (χ2n) is 5.99. The highest BCUT2D eigenvalue weighted by Crippen LogP contribution is 2.03. The van der Waals surface area contributed by atoms with Crippen molar-refractivity contribution in [2.24, 2.45) is 0 Å². The number of carbonyl (C=O) groups is 2. The summed E-state index contributed by atoms with van der Waals surface area (Å²) >= 11 is 0. The average molecular weight is 315 g/mol. The third-order valence-corrected chi connectivity index (χ3v) is 3.53. The minimum absolute atomic E-state index is 0.0259. The van der Waals surface area contributed by atoms with Gasteiger partial charge in [0.05, 0.1) is 13.1 Å². The quantitative estimate of drug-likeness (QED) is 0.474. The minimum atomic E-state index is -0.832. The van der Waals surface area contributed by atoms with Crippen molar-refractivity contribution >= 4 is 11.9 Å². The summed E-state index contributed by atoms with van der Waals surface area (Å²) in [4.78, 5) is 25.9. The summed E-state index contributed by atoms with van der Waals surface area (Å²) in [6, 6.07) is 0. The normalized spacial score (nSPS) is 11.1. The highest BCUT2D eigenvalue weighted by atomic mass is 16.4. The Morgan fingerprint density at radius 2 is 1.45 bits per heavy atom. The summed E-state index contributed by atoms with van der Waals surface area (Å²) in [5.41, 5.74) is 0. The summed E-state index contributed by atoms with van der Waals surface area (Å²) in [7, 11) is 3.64. The minimum Gasteiger partial charge on any atom is -0.480 e. The molecule has 0 aromatic heterocycles. The molecule has 0 radical (unpaired) electrons. The zero-order valence-corrected chi connectivity index (χ0v) is 14.4. The molecule has 0 aromatic rings. The van der Waals surface area contributed by atoms with Gasteiger partial charge >= 0.3 is 5.97 Å². The molecule has 0 aliphatic heterocycles. The fourth-order valence-corrected chi connectivity index (χ4v) is 2.16. The number of unbranched alkanes of at least 4 members (excludes halogenated alkanes) is 5. The van der Waals surface area contributed by atoms with Gasteiger partial charge in [0, 0.05) is 19.6 Å². The van der Waals surface area contributed by atoms with Gasteiger partial charge in [-0.2, -0.15) is 0 Å². The number of carboxylic acids is 1. The Bertz CT molecular complexity index is 311. The monoisotopic (exact) mass is 315 g/mol. The van der Waals surface area contributed by atoms with E-state index in [0.29, 0.717) is 19.6 Å². The van der Waals surface area contributed by atoms with E-state index in [4.69, 9.17) is 5.11 Å². The lowest BCUT2D eigenvalue weighted by atomic mass is 10.1. The molecule has 0 heterocycles. The van der Waals surface area contributed by atoms with Crippen molar-refractivity contribution in [3.8, 4) is 0 Å². The zero-order valence-electron chi connectivity index (χ0n) is 14.4. The van der Waals surface area contributed by atoms with Gasteiger partial charge in [0.25, 0.3) is 0 Å². The highest BCUT2D eigenvalue weighted by Gasteiger charge is 2.08. The molecule has 0 aliphatic rings. The second-order valence-corrected chi connectivity index (χ2v) is 5.99. The van der Waals surface area contributed by atoms with Crippen LogP contribution in [0.5, 0.6) is 0 Å². The molecule has 22 heavy (non-hydrogen) atoms. The Labute approximate surface area is 134 Å². The molecule has 2 N–H and O–H groups in total. The van der Waals surface area contributed by atoms with E-state index in [1.165, 1.54) is 32.1 Å². The van der Waals surface area contributed by atoms with Gasteiger partial charge in [0.1, 0.15) is 0 Å². The van der Waals surface area contributed by atoms with Crippen LogP contribution in [0.2, 0.25) is 0 Å². The molecule has 0 saturated heterocycles. The topological polar surface area (TPSA) is 72.9 Å². The molecule has 0 unspecified atom stereocenters. The number of amides is 1. The Morgan fingerprint density at radius 1 is 0.909 bits per heavy atom. The molecule has 0 spiro atoms. The van der Waals surface area contributed by atoms with E-state index in [9.17, 15) is 9.59 Å². The van der Waals surface area contributed by atoms with Crippen molar-refractivity contribution < 1.29 is 14.7 Å². The smallest absolute Gasteiger partial charge is 0.317 e. The first-order chi connectivity index (χ1) is 10.5. The van der Waals surface area contributed by atoms with Gasteiger partial charge in [-0.1, -0.05) is 39.0 Å². The van der Waals surface area contributed by atoms with Crippen LogP contribution in [-0.4, -0.2) is 73.6 Å². The molecule has 0 aromatic carbocycles. The van der Waals surface area contributed by atoms with Crippen molar-refractivity contribution in [2.75, 3.05) is 46.8 Å². The maximum absolute atomic E-state index is 11.8. The third-order valence-electron chi connectivity index (χ3n) is 3.53. The second kappa shape index (κ2) is 13.5. The number of carbonyl (C=O) groups excluding carboxylic acids is 1. The van der Waals surface area contributed by atoms with Crippen molar-refractivity contribution in [3.05, 3.63) is 0 Å². The maximum Gasteiger partial charge on any atom is 0.317 e. The van der Waals surface area contributed by atoms with Crippen LogP contribution in [0, 0.1) is 0 Å². The molecule has 0 rings (SSSR count). The van der Waals surface area contributed by atoms with Crippen molar-refractivity contribution in [2.45, 2.75) is 45.4 Å². The molecule has 0 fully saturated rings. The van der Waals surface area contributed by atoms with Crippen LogP contribution < -0.4 is 5.32 Å². The van der Waals surface area contributed by atoms with Crippen molar-refractivity contribution in [1.82, 2.24) is 15.1 Å². The van der Waals surface area contributed by atoms with Crippen LogP contribution >= 0.6 is 0 Å². The first-order valence-corrected chi connectivity index (χ1v) is 8.31. The fourth-order valence-electron chi connectivity index (χ4n) is 2.16. The lowest BCUT2D eigenvalue weighted by Gasteiger charge is -2.20. The van der Waals surface area contributed by atoms with E-state index < -0.39 is 5.97 Å². The first-order valence-electron chi connectivity index (χ1n) is 8.31. The lowest BCUT2D eigenvalue weighted by Crippen LogP contribution is -2.39. The number of nitrogens with zero attached hydrogens (tertiary/aromatic N) is 2. The number of hydrogen-bond donors (Lipinski definition) is 2. The molecular formula is C16H33N3O3. The Balaban J connectivity index is 3.55. The largest absolute Gasteiger partial charge is 0.480 e.